The number of rotatable bonds is 7. The van der Waals surface area contributed by atoms with Crippen molar-refractivity contribution < 1.29 is 13.6 Å². The van der Waals surface area contributed by atoms with Crippen molar-refractivity contribution in [2.45, 2.75) is 112 Å². The molecule has 0 radical (unpaired) electrons. The highest BCUT2D eigenvalue weighted by Gasteiger charge is 2.40. The van der Waals surface area contributed by atoms with Crippen LogP contribution in [0, 0.1) is 13.8 Å². The van der Waals surface area contributed by atoms with E-state index in [9.17, 15) is 4.79 Å². The number of hydrogen-bond acceptors (Lipinski definition) is 3. The van der Waals surface area contributed by atoms with Gasteiger partial charge in [-0.2, -0.15) is 0 Å². The molecule has 0 saturated heterocycles. The van der Waals surface area contributed by atoms with Crippen LogP contribution in [0.15, 0.2) is 54.3 Å². The quantitative estimate of drug-likeness (QED) is 0.259. The molecule has 0 N–H and O–H groups in total. The number of hydrogen-bond donors (Lipinski definition) is 0. The zero-order chi connectivity index (χ0) is 28.8. The van der Waals surface area contributed by atoms with Crippen molar-refractivity contribution in [2.75, 3.05) is 0 Å². The van der Waals surface area contributed by atoms with Gasteiger partial charge in [0.05, 0.1) is 5.76 Å². The standard InChI is InChI=1S/C16H26O2Si.C16H26OSi/c1-12-8-10-14(11-9-12)15(13(2)17)18-19(6,7)16(3,4)5;1-13-8-10-15(11-9-13)12-14(2)17-18(6,7)16(3,4)5/h8-11,15H,1-7H3;8-12H,1-7H3/b;14-12-. The SMILES string of the molecule is C/C(=C/c1ccc(C)cc1)O[Si](C)(C)C(C)(C)C.CC(=O)C(O[Si](C)(C)C(C)(C)C)c1ccc(C)cc1. The minimum atomic E-state index is -1.95. The van der Waals surface area contributed by atoms with Crippen LogP contribution in [0.3, 0.4) is 0 Å². The van der Waals surface area contributed by atoms with Gasteiger partial charge in [-0.25, -0.2) is 0 Å². The first-order chi connectivity index (χ1) is 16.7. The van der Waals surface area contributed by atoms with Crippen molar-refractivity contribution in [3.63, 3.8) is 0 Å². The van der Waals surface area contributed by atoms with Gasteiger partial charge in [0.2, 0.25) is 8.32 Å². The van der Waals surface area contributed by atoms with Gasteiger partial charge in [-0.05, 0) is 81.2 Å². The zero-order valence-corrected chi connectivity index (χ0v) is 28.0. The van der Waals surface area contributed by atoms with E-state index < -0.39 is 22.7 Å². The molecule has 0 heterocycles. The number of carbonyl (C=O) groups is 1. The molecule has 1 unspecified atom stereocenters. The second-order valence-corrected chi connectivity index (χ2v) is 22.8. The molecule has 2 rings (SSSR count). The Kier molecular flexibility index (Phi) is 11.4. The highest BCUT2D eigenvalue weighted by Crippen LogP contribution is 2.40. The fraction of sp³-hybridized carbons (Fsp3) is 0.531. The van der Waals surface area contributed by atoms with Crippen molar-refractivity contribution in [2.24, 2.45) is 0 Å². The van der Waals surface area contributed by atoms with Crippen LogP contribution in [0.2, 0.25) is 36.3 Å². The summed E-state index contributed by atoms with van der Waals surface area (Å²) in [5.74, 6) is 1.10. The Morgan fingerprint density at radius 3 is 1.51 bits per heavy atom. The van der Waals surface area contributed by atoms with E-state index in [1.54, 1.807) is 6.92 Å². The molecule has 0 bridgehead atoms. The van der Waals surface area contributed by atoms with E-state index in [1.807, 2.05) is 31.2 Å². The summed E-state index contributed by atoms with van der Waals surface area (Å²) in [7, 11) is -3.65. The smallest absolute Gasteiger partial charge is 0.250 e. The molecular weight excluding hydrogens is 489 g/mol. The lowest BCUT2D eigenvalue weighted by Gasteiger charge is -2.38. The predicted molar refractivity (Wildman–Crippen MR) is 166 cm³/mol. The molecule has 0 aliphatic rings. The Hall–Kier alpha value is -1.96. The summed E-state index contributed by atoms with van der Waals surface area (Å²) in [6.07, 6.45) is 1.70. The first kappa shape index (κ1) is 33.1. The molecule has 0 saturated carbocycles. The van der Waals surface area contributed by atoms with Gasteiger partial charge in [-0.3, -0.25) is 4.79 Å². The van der Waals surface area contributed by atoms with Crippen molar-refractivity contribution in [1.29, 1.82) is 0 Å². The molecule has 0 aliphatic heterocycles. The molecule has 0 aromatic heterocycles. The molecule has 1 atom stereocenters. The maximum Gasteiger partial charge on any atom is 0.250 e. The van der Waals surface area contributed by atoms with Crippen LogP contribution in [0.5, 0.6) is 0 Å². The van der Waals surface area contributed by atoms with Crippen LogP contribution in [0.1, 0.15) is 83.7 Å². The molecule has 5 heteroatoms. The van der Waals surface area contributed by atoms with E-state index in [-0.39, 0.29) is 15.9 Å². The lowest BCUT2D eigenvalue weighted by molar-refractivity contribution is -0.124. The van der Waals surface area contributed by atoms with Crippen molar-refractivity contribution >= 4 is 28.5 Å². The third-order valence-electron chi connectivity index (χ3n) is 7.64. The topological polar surface area (TPSA) is 35.5 Å². The van der Waals surface area contributed by atoms with Gasteiger partial charge in [0.1, 0.15) is 6.10 Å². The molecule has 2 aromatic carbocycles. The van der Waals surface area contributed by atoms with Crippen LogP contribution < -0.4 is 0 Å². The van der Waals surface area contributed by atoms with E-state index in [2.05, 4.69) is 112 Å². The molecular formula is C32H52O3Si2. The van der Waals surface area contributed by atoms with E-state index in [0.29, 0.717) is 0 Å². The van der Waals surface area contributed by atoms with Gasteiger partial charge in [0.15, 0.2) is 14.1 Å². The summed E-state index contributed by atoms with van der Waals surface area (Å²) in [4.78, 5) is 11.9. The molecule has 206 valence electrons. The summed E-state index contributed by atoms with van der Waals surface area (Å²) >= 11 is 0. The fourth-order valence-corrected chi connectivity index (χ4v) is 5.50. The lowest BCUT2D eigenvalue weighted by Crippen LogP contribution is -2.43. The number of ketones is 1. The van der Waals surface area contributed by atoms with E-state index >= 15 is 0 Å². The van der Waals surface area contributed by atoms with Crippen LogP contribution in [0.4, 0.5) is 0 Å². The van der Waals surface area contributed by atoms with Gasteiger partial charge in [-0.1, -0.05) is 101 Å². The van der Waals surface area contributed by atoms with Gasteiger partial charge in [0, 0.05) is 0 Å². The number of Topliss-reactive ketones (excluding diaryl/α,β-unsaturated/α-hetero) is 1. The van der Waals surface area contributed by atoms with E-state index in [0.717, 1.165) is 11.3 Å². The second-order valence-electron chi connectivity index (χ2n) is 13.3. The first-order valence-electron chi connectivity index (χ1n) is 13.3. The Balaban J connectivity index is 0.000000371. The van der Waals surface area contributed by atoms with Gasteiger partial charge < -0.3 is 8.85 Å². The Labute approximate surface area is 230 Å². The molecule has 37 heavy (non-hydrogen) atoms. The number of allylic oxidation sites excluding steroid dienone is 1. The van der Waals surface area contributed by atoms with Gasteiger partial charge in [0.25, 0.3) is 0 Å². The van der Waals surface area contributed by atoms with Gasteiger partial charge >= 0.3 is 0 Å². The van der Waals surface area contributed by atoms with Gasteiger partial charge in [-0.15, -0.1) is 0 Å². The molecule has 2 aromatic rings. The van der Waals surface area contributed by atoms with Crippen LogP contribution >= 0.6 is 0 Å². The highest BCUT2D eigenvalue weighted by molar-refractivity contribution is 6.74. The van der Waals surface area contributed by atoms with Crippen molar-refractivity contribution in [1.82, 2.24) is 0 Å². The van der Waals surface area contributed by atoms with Crippen molar-refractivity contribution in [3.05, 3.63) is 76.5 Å². The summed E-state index contributed by atoms with van der Waals surface area (Å²) in [6.45, 7) is 30.1. The number of benzene rings is 2. The molecule has 0 spiro atoms. The van der Waals surface area contributed by atoms with Crippen LogP contribution in [-0.4, -0.2) is 22.4 Å². The molecule has 3 nitrogen and oxygen atoms in total. The number of aryl methyl sites for hydroxylation is 2. The summed E-state index contributed by atoms with van der Waals surface area (Å²) in [6, 6.07) is 16.6. The molecule has 0 amide bonds. The number of carbonyl (C=O) groups excluding carboxylic acids is 1. The second kappa shape index (κ2) is 12.7. The van der Waals surface area contributed by atoms with Crippen LogP contribution in [0.25, 0.3) is 6.08 Å². The molecule has 0 aliphatic carbocycles. The first-order valence-corrected chi connectivity index (χ1v) is 19.2. The Morgan fingerprint density at radius 2 is 1.14 bits per heavy atom. The third kappa shape index (κ3) is 10.4. The van der Waals surface area contributed by atoms with E-state index in [4.69, 9.17) is 8.85 Å². The monoisotopic (exact) mass is 540 g/mol. The third-order valence-corrected chi connectivity index (χ3v) is 16.5. The lowest BCUT2D eigenvalue weighted by atomic mass is 10.1. The average molecular weight is 541 g/mol. The maximum absolute atomic E-state index is 11.9. The fourth-order valence-electron chi connectivity index (χ4n) is 3.08. The largest absolute Gasteiger partial charge is 0.547 e. The normalized spacial score (nSPS) is 13.9. The Morgan fingerprint density at radius 1 is 0.730 bits per heavy atom. The Bertz CT molecular complexity index is 1040. The average Bonchev–Trinajstić information content (AvgIpc) is 2.73. The summed E-state index contributed by atoms with van der Waals surface area (Å²) in [5.41, 5.74) is 4.65. The maximum atomic E-state index is 11.9. The van der Waals surface area contributed by atoms with E-state index in [1.165, 1.54) is 16.7 Å². The highest BCUT2D eigenvalue weighted by atomic mass is 28.4. The minimum Gasteiger partial charge on any atom is -0.547 e. The predicted octanol–water partition coefficient (Wildman–Crippen LogP) is 10.0. The molecule has 0 fully saturated rings. The van der Waals surface area contributed by atoms with Crippen molar-refractivity contribution in [3.8, 4) is 0 Å². The summed E-state index contributed by atoms with van der Waals surface area (Å²) in [5, 5.41) is 0.348. The van der Waals surface area contributed by atoms with Crippen LogP contribution in [-0.2, 0) is 13.6 Å². The summed E-state index contributed by atoms with van der Waals surface area (Å²) < 4.78 is 12.5. The minimum absolute atomic E-state index is 0.0775. The zero-order valence-electron chi connectivity index (χ0n) is 26.0.